The second-order valence-corrected chi connectivity index (χ2v) is 5.30. The molecule has 1 N–H and O–H groups in total. The molecule has 5 heteroatoms. The van der Waals surface area contributed by atoms with E-state index in [2.05, 4.69) is 58.3 Å². The van der Waals surface area contributed by atoms with Gasteiger partial charge in [-0.25, -0.2) is 0 Å². The fourth-order valence-corrected chi connectivity index (χ4v) is 2.74. The van der Waals surface area contributed by atoms with Crippen LogP contribution in [0.3, 0.4) is 0 Å². The van der Waals surface area contributed by atoms with Crippen molar-refractivity contribution < 1.29 is 4.52 Å². The molecule has 110 valence electrons. The van der Waals surface area contributed by atoms with Gasteiger partial charge >= 0.3 is 0 Å². The van der Waals surface area contributed by atoms with Crippen LogP contribution in [-0.2, 0) is 20.0 Å². The van der Waals surface area contributed by atoms with Crippen LogP contribution in [0.15, 0.2) is 28.8 Å². The quantitative estimate of drug-likeness (QED) is 0.731. The van der Waals surface area contributed by atoms with Gasteiger partial charge in [0.25, 0.3) is 0 Å². The first-order valence-corrected chi connectivity index (χ1v) is 7.19. The molecule has 0 amide bonds. The van der Waals surface area contributed by atoms with E-state index in [-0.39, 0.29) is 0 Å². The lowest BCUT2D eigenvalue weighted by Crippen LogP contribution is -2.19. The third-order valence-electron chi connectivity index (χ3n) is 3.89. The summed E-state index contributed by atoms with van der Waals surface area (Å²) in [6.07, 6.45) is 0.778. The van der Waals surface area contributed by atoms with Crippen molar-refractivity contribution in [3.63, 3.8) is 0 Å². The molecule has 0 radical (unpaired) electrons. The Bertz CT molecular complexity index is 718. The number of hydrogen-bond acceptors (Lipinski definition) is 4. The van der Waals surface area contributed by atoms with E-state index < -0.39 is 0 Å². The number of para-hydroxylation sites is 1. The van der Waals surface area contributed by atoms with Crippen molar-refractivity contribution in [2.24, 2.45) is 7.05 Å². The Labute approximate surface area is 124 Å². The highest BCUT2D eigenvalue weighted by Crippen LogP contribution is 2.24. The molecule has 0 spiro atoms. The molecule has 3 aromatic rings. The lowest BCUT2D eigenvalue weighted by molar-refractivity contribution is 0.387. The predicted molar refractivity (Wildman–Crippen MR) is 82.1 cm³/mol. The van der Waals surface area contributed by atoms with E-state index in [9.17, 15) is 0 Å². The molecule has 21 heavy (non-hydrogen) atoms. The summed E-state index contributed by atoms with van der Waals surface area (Å²) in [6.45, 7) is 5.67. The topological polar surface area (TPSA) is 55.9 Å². The maximum atomic E-state index is 4.96. The van der Waals surface area contributed by atoms with Crippen LogP contribution in [0.4, 0.5) is 0 Å². The summed E-state index contributed by atoms with van der Waals surface area (Å²) in [5, 5.41) is 8.68. The summed E-state index contributed by atoms with van der Waals surface area (Å²) in [4.78, 5) is 4.20. The van der Waals surface area contributed by atoms with E-state index in [0.717, 1.165) is 25.3 Å². The first-order valence-electron chi connectivity index (χ1n) is 7.19. The number of nitrogens with zero attached hydrogens (tertiary/aromatic N) is 3. The van der Waals surface area contributed by atoms with E-state index in [4.69, 9.17) is 4.52 Å². The van der Waals surface area contributed by atoms with Crippen molar-refractivity contribution in [2.75, 3.05) is 6.54 Å². The van der Waals surface area contributed by atoms with Gasteiger partial charge in [0.05, 0.1) is 0 Å². The van der Waals surface area contributed by atoms with Crippen LogP contribution >= 0.6 is 0 Å². The zero-order chi connectivity index (χ0) is 14.8. The first kappa shape index (κ1) is 13.8. The maximum Gasteiger partial charge on any atom is 0.223 e. The molecular weight excluding hydrogens is 264 g/mol. The van der Waals surface area contributed by atoms with Gasteiger partial charge in [-0.3, -0.25) is 0 Å². The van der Waals surface area contributed by atoms with Crippen LogP contribution in [0.1, 0.15) is 23.0 Å². The summed E-state index contributed by atoms with van der Waals surface area (Å²) < 4.78 is 7.23. The summed E-state index contributed by atoms with van der Waals surface area (Å²) in [5.41, 5.74) is 3.94. The third-order valence-corrected chi connectivity index (χ3v) is 3.89. The van der Waals surface area contributed by atoms with Gasteiger partial charge in [0.15, 0.2) is 5.82 Å². The summed E-state index contributed by atoms with van der Waals surface area (Å²) in [6, 6.07) is 8.51. The number of fused-ring (bicyclic) bond motifs is 1. The van der Waals surface area contributed by atoms with Gasteiger partial charge in [-0.2, -0.15) is 4.98 Å². The molecule has 2 aromatic heterocycles. The molecule has 1 aromatic carbocycles. The fraction of sp³-hybridized carbons (Fsp3) is 0.375. The predicted octanol–water partition coefficient (Wildman–Crippen LogP) is 2.51. The average molecular weight is 284 g/mol. The van der Waals surface area contributed by atoms with Crippen LogP contribution < -0.4 is 5.32 Å². The Kier molecular flexibility index (Phi) is 3.75. The number of rotatable bonds is 5. The second kappa shape index (κ2) is 5.69. The average Bonchev–Trinajstić information content (AvgIpc) is 3.00. The minimum absolute atomic E-state index is 0.620. The molecule has 0 unspecified atom stereocenters. The smallest absolute Gasteiger partial charge is 0.223 e. The molecule has 0 aliphatic carbocycles. The van der Waals surface area contributed by atoms with Gasteiger partial charge < -0.3 is 14.4 Å². The van der Waals surface area contributed by atoms with Crippen molar-refractivity contribution in [2.45, 2.75) is 26.8 Å². The van der Waals surface area contributed by atoms with E-state index in [1.54, 1.807) is 0 Å². The molecule has 0 aliphatic heterocycles. The van der Waals surface area contributed by atoms with Crippen molar-refractivity contribution >= 4 is 10.9 Å². The highest BCUT2D eigenvalue weighted by Gasteiger charge is 2.10. The van der Waals surface area contributed by atoms with Crippen LogP contribution in [0.5, 0.6) is 0 Å². The van der Waals surface area contributed by atoms with Gasteiger partial charge in [0, 0.05) is 50.1 Å². The van der Waals surface area contributed by atoms with Crippen molar-refractivity contribution in [3.05, 3.63) is 47.2 Å². The highest BCUT2D eigenvalue weighted by molar-refractivity contribution is 5.85. The Morgan fingerprint density at radius 2 is 2.05 bits per heavy atom. The minimum Gasteiger partial charge on any atom is -0.346 e. The summed E-state index contributed by atoms with van der Waals surface area (Å²) in [5.74, 6) is 1.38. The van der Waals surface area contributed by atoms with Crippen LogP contribution in [-0.4, -0.2) is 21.3 Å². The summed E-state index contributed by atoms with van der Waals surface area (Å²) in [7, 11) is 2.12. The molecule has 0 fully saturated rings. The van der Waals surface area contributed by atoms with E-state index in [1.165, 1.54) is 22.2 Å². The van der Waals surface area contributed by atoms with Crippen LogP contribution in [0, 0.1) is 13.8 Å². The summed E-state index contributed by atoms with van der Waals surface area (Å²) >= 11 is 0. The molecule has 0 saturated carbocycles. The molecule has 3 rings (SSSR count). The number of hydrogen-bond donors (Lipinski definition) is 1. The number of benzene rings is 1. The van der Waals surface area contributed by atoms with Gasteiger partial charge in [-0.1, -0.05) is 23.4 Å². The standard InChI is InChI=1S/C16H20N4O/c1-11-13-6-4-5-7-14(13)20(3)15(11)10-17-9-8-16-18-12(2)21-19-16/h4-7,17H,8-10H2,1-3H3. The number of aryl methyl sites for hydroxylation is 3. The minimum atomic E-state index is 0.620. The van der Waals surface area contributed by atoms with Gasteiger partial charge in [-0.05, 0) is 18.6 Å². The lowest BCUT2D eigenvalue weighted by Gasteiger charge is -2.07. The number of aromatic nitrogens is 3. The second-order valence-electron chi connectivity index (χ2n) is 5.30. The Morgan fingerprint density at radius 1 is 1.24 bits per heavy atom. The SMILES string of the molecule is Cc1nc(CCNCc2c(C)c3ccccc3n2C)no1. The molecule has 0 saturated heterocycles. The third kappa shape index (κ3) is 2.69. The van der Waals surface area contributed by atoms with E-state index >= 15 is 0 Å². The molecule has 0 atom stereocenters. The molecule has 0 bridgehead atoms. The van der Waals surface area contributed by atoms with Gasteiger partial charge in [-0.15, -0.1) is 0 Å². The molecule has 2 heterocycles. The zero-order valence-corrected chi connectivity index (χ0v) is 12.7. The fourth-order valence-electron chi connectivity index (χ4n) is 2.74. The van der Waals surface area contributed by atoms with Crippen LogP contribution in [0.2, 0.25) is 0 Å². The lowest BCUT2D eigenvalue weighted by atomic mass is 10.1. The Hall–Kier alpha value is -2.14. The largest absolute Gasteiger partial charge is 0.346 e. The normalized spacial score (nSPS) is 11.4. The van der Waals surface area contributed by atoms with Crippen LogP contribution in [0.25, 0.3) is 10.9 Å². The molecular formula is C16H20N4O. The van der Waals surface area contributed by atoms with E-state index in [0.29, 0.717) is 5.89 Å². The highest BCUT2D eigenvalue weighted by atomic mass is 16.5. The Balaban J connectivity index is 1.65. The van der Waals surface area contributed by atoms with Gasteiger partial charge in [0.1, 0.15) is 0 Å². The van der Waals surface area contributed by atoms with Crippen molar-refractivity contribution in [1.29, 1.82) is 0 Å². The van der Waals surface area contributed by atoms with E-state index in [1.807, 2.05) is 6.92 Å². The molecule has 0 aliphatic rings. The monoisotopic (exact) mass is 284 g/mol. The maximum absolute atomic E-state index is 4.96. The molecule has 5 nitrogen and oxygen atoms in total. The van der Waals surface area contributed by atoms with Gasteiger partial charge in [0.2, 0.25) is 5.89 Å². The first-order chi connectivity index (χ1) is 10.2. The van der Waals surface area contributed by atoms with Crippen molar-refractivity contribution in [3.8, 4) is 0 Å². The zero-order valence-electron chi connectivity index (χ0n) is 12.7. The number of nitrogens with one attached hydrogen (secondary N) is 1. The Morgan fingerprint density at radius 3 is 2.76 bits per heavy atom. The van der Waals surface area contributed by atoms with Crippen molar-refractivity contribution in [1.82, 2.24) is 20.0 Å².